The van der Waals surface area contributed by atoms with Gasteiger partial charge in [-0.05, 0) is 74.0 Å². The first-order chi connectivity index (χ1) is 17.0. The molecule has 6 rings (SSSR count). The molecule has 1 saturated heterocycles. The Kier molecular flexibility index (Phi) is 7.48. The molecule has 5 fully saturated rings. The average molecular weight is 485 g/mol. The van der Waals surface area contributed by atoms with E-state index in [1.807, 2.05) is 12.1 Å². The van der Waals surface area contributed by atoms with Crippen LogP contribution in [0.5, 0.6) is 5.75 Å². The van der Waals surface area contributed by atoms with Crippen LogP contribution in [0.3, 0.4) is 0 Å². The van der Waals surface area contributed by atoms with Gasteiger partial charge in [-0.2, -0.15) is 0 Å². The lowest BCUT2D eigenvalue weighted by Crippen LogP contribution is -2.61. The number of urea groups is 1. The highest BCUT2D eigenvalue weighted by molar-refractivity contribution is 5.78. The van der Waals surface area contributed by atoms with Crippen LogP contribution in [0.2, 0.25) is 0 Å². The molecule has 1 aliphatic heterocycles. The van der Waals surface area contributed by atoms with Crippen LogP contribution in [-0.2, 0) is 9.53 Å². The van der Waals surface area contributed by atoms with Crippen molar-refractivity contribution in [1.82, 2.24) is 20.9 Å². The molecule has 3 amide bonds. The van der Waals surface area contributed by atoms with E-state index in [1.165, 1.54) is 19.3 Å². The van der Waals surface area contributed by atoms with Crippen molar-refractivity contribution in [3.8, 4) is 5.75 Å². The molecule has 5 aliphatic rings. The fraction of sp³-hybridized carbons (Fsp3) is 0.704. The summed E-state index contributed by atoms with van der Waals surface area (Å²) in [5, 5.41) is 9.33. The Morgan fingerprint density at radius 1 is 1.03 bits per heavy atom. The maximum atomic E-state index is 12.6. The second-order valence-corrected chi connectivity index (χ2v) is 11.1. The second kappa shape index (κ2) is 10.7. The number of hydrogen-bond acceptors (Lipinski definition) is 5. The van der Waals surface area contributed by atoms with Crippen LogP contribution in [0.1, 0.15) is 56.6 Å². The van der Waals surface area contributed by atoms with Crippen molar-refractivity contribution < 1.29 is 19.1 Å². The number of carbonyl (C=O) groups excluding carboxylic acids is 2. The van der Waals surface area contributed by atoms with E-state index in [9.17, 15) is 9.59 Å². The Labute approximate surface area is 208 Å². The van der Waals surface area contributed by atoms with Gasteiger partial charge >= 0.3 is 6.03 Å². The summed E-state index contributed by atoms with van der Waals surface area (Å²) >= 11 is 0. The number of amides is 3. The zero-order valence-corrected chi connectivity index (χ0v) is 20.9. The molecule has 1 aromatic rings. The van der Waals surface area contributed by atoms with E-state index in [0.29, 0.717) is 26.3 Å². The molecule has 1 aromatic carbocycles. The molecular weight excluding hydrogens is 444 g/mol. The summed E-state index contributed by atoms with van der Waals surface area (Å²) in [7, 11) is 1.66. The largest absolute Gasteiger partial charge is 0.497 e. The molecule has 0 aromatic heterocycles. The van der Waals surface area contributed by atoms with Gasteiger partial charge in [0.1, 0.15) is 5.75 Å². The van der Waals surface area contributed by atoms with Crippen molar-refractivity contribution in [3.63, 3.8) is 0 Å². The van der Waals surface area contributed by atoms with Crippen molar-refractivity contribution >= 4 is 11.9 Å². The minimum Gasteiger partial charge on any atom is -0.497 e. The van der Waals surface area contributed by atoms with Crippen LogP contribution in [-0.4, -0.2) is 68.9 Å². The SMILES string of the molecule is COc1ccc(C(CNC(=O)CCNC(=O)NC23CC4CC(CC(C4)C2)C3)N2CCOCC2)cc1. The molecule has 8 nitrogen and oxygen atoms in total. The summed E-state index contributed by atoms with van der Waals surface area (Å²) in [5.74, 6) is 3.13. The summed E-state index contributed by atoms with van der Waals surface area (Å²) in [6.45, 7) is 3.92. The van der Waals surface area contributed by atoms with Crippen molar-refractivity contribution in [1.29, 1.82) is 0 Å². The molecule has 192 valence electrons. The highest BCUT2D eigenvalue weighted by Crippen LogP contribution is 2.55. The first-order valence-corrected chi connectivity index (χ1v) is 13.3. The third kappa shape index (κ3) is 5.92. The van der Waals surface area contributed by atoms with Gasteiger partial charge in [0.25, 0.3) is 0 Å². The number of methoxy groups -OCH3 is 1. The predicted octanol–water partition coefficient (Wildman–Crippen LogP) is 2.84. The fourth-order valence-electron chi connectivity index (χ4n) is 7.31. The predicted molar refractivity (Wildman–Crippen MR) is 133 cm³/mol. The first kappa shape index (κ1) is 24.4. The molecule has 0 radical (unpaired) electrons. The maximum Gasteiger partial charge on any atom is 0.315 e. The first-order valence-electron chi connectivity index (χ1n) is 13.3. The number of morpholine rings is 1. The van der Waals surface area contributed by atoms with E-state index in [4.69, 9.17) is 9.47 Å². The fourth-order valence-corrected chi connectivity index (χ4v) is 7.31. The Morgan fingerprint density at radius 3 is 2.26 bits per heavy atom. The number of carbonyl (C=O) groups is 2. The molecular formula is C27H40N4O4. The normalized spacial score (nSPS) is 30.5. The number of hydrogen-bond donors (Lipinski definition) is 3. The molecule has 0 spiro atoms. The van der Waals surface area contributed by atoms with Gasteiger partial charge in [0, 0.05) is 38.1 Å². The van der Waals surface area contributed by atoms with Crippen LogP contribution in [0.4, 0.5) is 4.79 Å². The molecule has 3 N–H and O–H groups in total. The second-order valence-electron chi connectivity index (χ2n) is 11.1. The summed E-state index contributed by atoms with van der Waals surface area (Å²) in [6, 6.07) is 7.97. The lowest BCUT2D eigenvalue weighted by molar-refractivity contribution is -0.121. The van der Waals surface area contributed by atoms with Gasteiger partial charge in [-0.15, -0.1) is 0 Å². The van der Waals surface area contributed by atoms with E-state index in [2.05, 4.69) is 33.0 Å². The molecule has 8 heteroatoms. The molecule has 1 unspecified atom stereocenters. The van der Waals surface area contributed by atoms with Gasteiger partial charge in [-0.25, -0.2) is 4.79 Å². The van der Waals surface area contributed by atoms with Crippen LogP contribution in [0.15, 0.2) is 24.3 Å². The van der Waals surface area contributed by atoms with Crippen molar-refractivity contribution in [2.45, 2.75) is 56.5 Å². The highest BCUT2D eigenvalue weighted by atomic mass is 16.5. The summed E-state index contributed by atoms with van der Waals surface area (Å²) in [4.78, 5) is 27.6. The average Bonchev–Trinajstić information content (AvgIpc) is 2.84. The van der Waals surface area contributed by atoms with Crippen LogP contribution < -0.4 is 20.7 Å². The third-order valence-electron chi connectivity index (χ3n) is 8.53. The van der Waals surface area contributed by atoms with Crippen LogP contribution >= 0.6 is 0 Å². The quantitative estimate of drug-likeness (QED) is 0.501. The topological polar surface area (TPSA) is 91.9 Å². The van der Waals surface area contributed by atoms with E-state index in [-0.39, 0.29) is 29.9 Å². The van der Waals surface area contributed by atoms with E-state index in [0.717, 1.165) is 61.4 Å². The number of nitrogens with one attached hydrogen (secondary N) is 3. The lowest BCUT2D eigenvalue weighted by atomic mass is 9.53. The Morgan fingerprint density at radius 2 is 1.66 bits per heavy atom. The number of nitrogens with zero attached hydrogens (tertiary/aromatic N) is 1. The molecule has 35 heavy (non-hydrogen) atoms. The van der Waals surface area contributed by atoms with Gasteiger partial charge in [0.2, 0.25) is 5.91 Å². The Balaban J connectivity index is 1.08. The molecule has 4 bridgehead atoms. The molecule has 4 aliphatic carbocycles. The number of rotatable bonds is 9. The van der Waals surface area contributed by atoms with Gasteiger partial charge in [-0.3, -0.25) is 9.69 Å². The van der Waals surface area contributed by atoms with Crippen LogP contribution in [0, 0.1) is 17.8 Å². The van der Waals surface area contributed by atoms with Gasteiger partial charge < -0.3 is 25.4 Å². The molecule has 1 atom stereocenters. The zero-order chi connectivity index (χ0) is 24.3. The minimum atomic E-state index is -0.121. The standard InChI is InChI=1S/C27H40N4O4/c1-34-23-4-2-22(3-5-23)24(31-8-10-35-11-9-31)18-29-25(32)6-7-28-26(33)30-27-15-19-12-20(16-27)14-21(13-19)17-27/h2-5,19-21,24H,6-18H2,1H3,(H,29,32)(H2,28,30,33). The molecule has 1 heterocycles. The van der Waals surface area contributed by atoms with E-state index < -0.39 is 0 Å². The third-order valence-corrected chi connectivity index (χ3v) is 8.53. The smallest absolute Gasteiger partial charge is 0.315 e. The van der Waals surface area contributed by atoms with Crippen molar-refractivity contribution in [3.05, 3.63) is 29.8 Å². The Hall–Kier alpha value is -2.32. The van der Waals surface area contributed by atoms with Gasteiger partial charge in [0.15, 0.2) is 0 Å². The highest BCUT2D eigenvalue weighted by Gasteiger charge is 2.51. The minimum absolute atomic E-state index is 0.00909. The van der Waals surface area contributed by atoms with Crippen LogP contribution in [0.25, 0.3) is 0 Å². The lowest BCUT2D eigenvalue weighted by Gasteiger charge is -2.56. The van der Waals surface area contributed by atoms with E-state index in [1.54, 1.807) is 7.11 Å². The van der Waals surface area contributed by atoms with E-state index >= 15 is 0 Å². The summed E-state index contributed by atoms with van der Waals surface area (Å²) in [6.07, 6.45) is 7.70. The van der Waals surface area contributed by atoms with Gasteiger partial charge in [-0.1, -0.05) is 12.1 Å². The van der Waals surface area contributed by atoms with Crippen molar-refractivity contribution in [2.75, 3.05) is 46.5 Å². The van der Waals surface area contributed by atoms with Gasteiger partial charge in [0.05, 0.1) is 26.4 Å². The summed E-state index contributed by atoms with van der Waals surface area (Å²) < 4.78 is 10.8. The zero-order valence-electron chi connectivity index (χ0n) is 20.9. The maximum absolute atomic E-state index is 12.6. The Bertz CT molecular complexity index is 848. The summed E-state index contributed by atoms with van der Waals surface area (Å²) in [5.41, 5.74) is 1.13. The molecule has 4 saturated carbocycles. The van der Waals surface area contributed by atoms with Crippen molar-refractivity contribution in [2.24, 2.45) is 17.8 Å². The monoisotopic (exact) mass is 484 g/mol. The number of benzene rings is 1. The number of ether oxygens (including phenoxy) is 2.